The number of hydrazone groups is 1. The summed E-state index contributed by atoms with van der Waals surface area (Å²) in [6.45, 7) is 1.77. The van der Waals surface area contributed by atoms with Gasteiger partial charge in [0.2, 0.25) is 5.91 Å². The van der Waals surface area contributed by atoms with Crippen LogP contribution in [-0.2, 0) is 25.7 Å². The van der Waals surface area contributed by atoms with Gasteiger partial charge in [-0.25, -0.2) is 9.80 Å². The highest BCUT2D eigenvalue weighted by molar-refractivity contribution is 7.10. The molecular formula is C27H26N2O5S. The molecule has 1 aliphatic heterocycles. The highest BCUT2D eigenvalue weighted by Gasteiger charge is 2.32. The third-order valence-electron chi connectivity index (χ3n) is 5.61. The molecule has 0 saturated heterocycles. The third-order valence-corrected chi connectivity index (χ3v) is 6.59. The van der Waals surface area contributed by atoms with Gasteiger partial charge in [-0.05, 0) is 34.7 Å². The van der Waals surface area contributed by atoms with Crippen LogP contribution in [0.1, 0.15) is 41.0 Å². The molecule has 2 heterocycles. The SMILES string of the molecule is CO/C=C(/C(=O)OC)c1ccccc1COc1cccc(C2=NN(C(C)=O)C(c3cccs3)C2)c1. The van der Waals surface area contributed by atoms with Gasteiger partial charge in [-0.3, -0.25) is 4.79 Å². The lowest BCUT2D eigenvalue weighted by molar-refractivity contribution is -0.134. The van der Waals surface area contributed by atoms with Gasteiger partial charge < -0.3 is 14.2 Å². The molecule has 0 fully saturated rings. The van der Waals surface area contributed by atoms with Gasteiger partial charge >= 0.3 is 5.97 Å². The summed E-state index contributed by atoms with van der Waals surface area (Å²) in [6, 6.07) is 19.0. The zero-order valence-corrected chi connectivity index (χ0v) is 20.6. The van der Waals surface area contributed by atoms with Gasteiger partial charge in [0.05, 0.1) is 32.2 Å². The molecule has 1 aromatic heterocycles. The first-order valence-electron chi connectivity index (χ1n) is 11.0. The third kappa shape index (κ3) is 5.44. The largest absolute Gasteiger partial charge is 0.503 e. The molecule has 0 saturated carbocycles. The fraction of sp³-hybridized carbons (Fsp3) is 0.222. The molecule has 3 aromatic rings. The molecule has 0 bridgehead atoms. The fourth-order valence-corrected chi connectivity index (χ4v) is 4.77. The highest BCUT2D eigenvalue weighted by Crippen LogP contribution is 2.35. The second kappa shape index (κ2) is 11.0. The summed E-state index contributed by atoms with van der Waals surface area (Å²) in [5.74, 6) is 0.0769. The quantitative estimate of drug-likeness (QED) is 0.247. The Balaban J connectivity index is 1.54. The van der Waals surface area contributed by atoms with Gasteiger partial charge in [-0.2, -0.15) is 5.10 Å². The number of esters is 1. The Hall–Kier alpha value is -3.91. The van der Waals surface area contributed by atoms with E-state index in [2.05, 4.69) is 5.10 Å². The molecule has 0 radical (unpaired) electrons. The molecule has 0 spiro atoms. The molecule has 1 aliphatic rings. The first-order valence-corrected chi connectivity index (χ1v) is 11.9. The predicted octanol–water partition coefficient (Wildman–Crippen LogP) is 5.19. The highest BCUT2D eigenvalue weighted by atomic mass is 32.1. The van der Waals surface area contributed by atoms with Gasteiger partial charge in [0, 0.05) is 23.8 Å². The van der Waals surface area contributed by atoms with E-state index < -0.39 is 5.97 Å². The number of nitrogens with zero attached hydrogens (tertiary/aromatic N) is 2. The van der Waals surface area contributed by atoms with Crippen LogP contribution in [0.25, 0.3) is 5.57 Å². The van der Waals surface area contributed by atoms with Crippen LogP contribution in [0.4, 0.5) is 0 Å². The van der Waals surface area contributed by atoms with Gasteiger partial charge in [-0.15, -0.1) is 11.3 Å². The number of amides is 1. The molecule has 2 aromatic carbocycles. The van der Waals surface area contributed by atoms with E-state index in [-0.39, 0.29) is 18.6 Å². The van der Waals surface area contributed by atoms with Crippen LogP contribution >= 0.6 is 11.3 Å². The maximum atomic E-state index is 12.3. The number of ether oxygens (including phenoxy) is 3. The Labute approximate surface area is 208 Å². The lowest BCUT2D eigenvalue weighted by atomic mass is 10.0. The number of carbonyl (C=O) groups is 2. The molecule has 1 unspecified atom stereocenters. The van der Waals surface area contributed by atoms with Crippen molar-refractivity contribution in [2.45, 2.75) is 26.0 Å². The topological polar surface area (TPSA) is 77.4 Å². The predicted molar refractivity (Wildman–Crippen MR) is 135 cm³/mol. The van der Waals surface area contributed by atoms with Crippen molar-refractivity contribution in [1.29, 1.82) is 0 Å². The lowest BCUT2D eigenvalue weighted by Gasteiger charge is -2.18. The van der Waals surface area contributed by atoms with Crippen molar-refractivity contribution in [1.82, 2.24) is 5.01 Å². The van der Waals surface area contributed by atoms with Crippen LogP contribution in [0.5, 0.6) is 5.75 Å². The summed E-state index contributed by atoms with van der Waals surface area (Å²) < 4.78 is 16.1. The van der Waals surface area contributed by atoms with Crippen molar-refractivity contribution in [3.05, 3.63) is 93.9 Å². The number of carbonyl (C=O) groups excluding carboxylic acids is 2. The normalized spacial score (nSPS) is 15.5. The van der Waals surface area contributed by atoms with E-state index >= 15 is 0 Å². The van der Waals surface area contributed by atoms with E-state index in [4.69, 9.17) is 14.2 Å². The summed E-state index contributed by atoms with van der Waals surface area (Å²) in [4.78, 5) is 25.6. The lowest BCUT2D eigenvalue weighted by Crippen LogP contribution is -2.23. The van der Waals surface area contributed by atoms with E-state index in [1.54, 1.807) is 16.3 Å². The number of thiophene rings is 1. The minimum Gasteiger partial charge on any atom is -0.503 e. The Morgan fingerprint density at radius 3 is 2.66 bits per heavy atom. The first-order chi connectivity index (χ1) is 17.0. The number of benzene rings is 2. The Morgan fingerprint density at radius 1 is 1.11 bits per heavy atom. The number of hydrogen-bond acceptors (Lipinski definition) is 7. The Kier molecular flexibility index (Phi) is 7.62. The van der Waals surface area contributed by atoms with Gasteiger partial charge in [0.15, 0.2) is 0 Å². The second-order valence-electron chi connectivity index (χ2n) is 7.88. The Morgan fingerprint density at radius 2 is 1.94 bits per heavy atom. The maximum Gasteiger partial charge on any atom is 0.341 e. The van der Waals surface area contributed by atoms with E-state index in [0.29, 0.717) is 23.3 Å². The van der Waals surface area contributed by atoms with E-state index in [1.807, 2.05) is 66.0 Å². The summed E-state index contributed by atoms with van der Waals surface area (Å²) >= 11 is 1.62. The van der Waals surface area contributed by atoms with E-state index in [9.17, 15) is 9.59 Å². The molecule has 4 rings (SSSR count). The van der Waals surface area contributed by atoms with Crippen molar-refractivity contribution >= 4 is 34.5 Å². The molecule has 0 aliphatic carbocycles. The number of rotatable bonds is 8. The maximum absolute atomic E-state index is 12.3. The van der Waals surface area contributed by atoms with Gasteiger partial charge in [-0.1, -0.05) is 42.5 Å². The van der Waals surface area contributed by atoms with Crippen LogP contribution in [0.2, 0.25) is 0 Å². The molecule has 7 nitrogen and oxygen atoms in total. The standard InChI is InChI=1S/C27H26N2O5S/c1-18(30)29-25(26-12-7-13-35-26)15-24(28-29)19-9-6-10-21(14-19)34-16-20-8-4-5-11-22(20)23(17-32-2)27(31)33-3/h4-14,17,25H,15-16H2,1-3H3/b23-17+. The molecule has 1 atom stereocenters. The molecule has 1 amide bonds. The summed E-state index contributed by atoms with van der Waals surface area (Å²) in [7, 11) is 2.81. The number of methoxy groups -OCH3 is 2. The first kappa shape index (κ1) is 24.2. The van der Waals surface area contributed by atoms with Gasteiger partial charge in [0.1, 0.15) is 17.9 Å². The second-order valence-corrected chi connectivity index (χ2v) is 8.86. The van der Waals surface area contributed by atoms with Crippen molar-refractivity contribution in [3.63, 3.8) is 0 Å². The minimum atomic E-state index is -0.490. The molecule has 8 heteroatoms. The average molecular weight is 491 g/mol. The summed E-state index contributed by atoms with van der Waals surface area (Å²) in [5.41, 5.74) is 3.53. The number of hydrogen-bond donors (Lipinski definition) is 0. The minimum absolute atomic E-state index is 0.0899. The smallest absolute Gasteiger partial charge is 0.341 e. The molecule has 35 heavy (non-hydrogen) atoms. The van der Waals surface area contributed by atoms with Crippen molar-refractivity contribution in [2.75, 3.05) is 14.2 Å². The van der Waals surface area contributed by atoms with Gasteiger partial charge in [0.25, 0.3) is 0 Å². The van der Waals surface area contributed by atoms with Crippen molar-refractivity contribution in [3.8, 4) is 5.75 Å². The Bertz CT molecular complexity index is 1270. The van der Waals surface area contributed by atoms with Crippen LogP contribution in [-0.4, -0.2) is 36.8 Å². The van der Waals surface area contributed by atoms with Crippen LogP contribution in [0.15, 0.2) is 77.4 Å². The molecule has 0 N–H and O–H groups in total. The van der Waals surface area contributed by atoms with Crippen molar-refractivity contribution in [2.24, 2.45) is 5.10 Å². The van der Waals surface area contributed by atoms with Crippen LogP contribution in [0.3, 0.4) is 0 Å². The fourth-order valence-electron chi connectivity index (χ4n) is 3.96. The average Bonchev–Trinajstić information content (AvgIpc) is 3.56. The van der Waals surface area contributed by atoms with Crippen LogP contribution in [0, 0.1) is 0 Å². The van der Waals surface area contributed by atoms with Crippen molar-refractivity contribution < 1.29 is 23.8 Å². The summed E-state index contributed by atoms with van der Waals surface area (Å²) in [6.07, 6.45) is 2.00. The van der Waals surface area contributed by atoms with E-state index in [0.717, 1.165) is 21.7 Å². The summed E-state index contributed by atoms with van der Waals surface area (Å²) in [5, 5.41) is 8.18. The monoisotopic (exact) mass is 490 g/mol. The zero-order chi connectivity index (χ0) is 24.8. The molecule has 180 valence electrons. The van der Waals surface area contributed by atoms with E-state index in [1.165, 1.54) is 27.4 Å². The molecular weight excluding hydrogens is 464 g/mol. The zero-order valence-electron chi connectivity index (χ0n) is 19.8. The van der Waals surface area contributed by atoms with Crippen LogP contribution < -0.4 is 4.74 Å².